The van der Waals surface area contributed by atoms with Crippen molar-refractivity contribution in [1.82, 2.24) is 5.32 Å². The van der Waals surface area contributed by atoms with Crippen LogP contribution in [-0.2, 0) is 13.1 Å². The van der Waals surface area contributed by atoms with Gasteiger partial charge in [0.05, 0.1) is 0 Å². The van der Waals surface area contributed by atoms with Crippen molar-refractivity contribution in [2.24, 2.45) is 0 Å². The molecule has 2 aromatic carbocycles. The molecular formula is C18H21IN2. The van der Waals surface area contributed by atoms with Crippen LogP contribution in [0.1, 0.15) is 24.5 Å². The number of nitrogens with one attached hydrogen (secondary N) is 1. The van der Waals surface area contributed by atoms with E-state index < -0.39 is 0 Å². The molecule has 1 N–H and O–H groups in total. The van der Waals surface area contributed by atoms with Gasteiger partial charge in [0.2, 0.25) is 0 Å². The molecule has 0 saturated heterocycles. The molecule has 0 bridgehead atoms. The van der Waals surface area contributed by atoms with E-state index in [-0.39, 0.29) is 0 Å². The van der Waals surface area contributed by atoms with Gasteiger partial charge in [0.1, 0.15) is 0 Å². The highest BCUT2D eigenvalue weighted by Gasteiger charge is 2.20. The predicted molar refractivity (Wildman–Crippen MR) is 97.6 cm³/mol. The Bertz CT molecular complexity index is 594. The Morgan fingerprint density at radius 1 is 1.14 bits per heavy atom. The molecule has 0 saturated carbocycles. The Morgan fingerprint density at radius 3 is 2.67 bits per heavy atom. The maximum atomic E-state index is 3.67. The molecule has 0 fully saturated rings. The highest BCUT2D eigenvalue weighted by molar-refractivity contribution is 14.1. The van der Waals surface area contributed by atoms with Crippen molar-refractivity contribution in [3.8, 4) is 0 Å². The maximum absolute atomic E-state index is 3.67. The van der Waals surface area contributed by atoms with Crippen molar-refractivity contribution in [2.75, 3.05) is 11.4 Å². The average Bonchev–Trinajstić information content (AvgIpc) is 2.69. The lowest BCUT2D eigenvalue weighted by atomic mass is 10.1. The first-order valence-electron chi connectivity index (χ1n) is 7.57. The summed E-state index contributed by atoms with van der Waals surface area (Å²) >= 11 is 2.36. The van der Waals surface area contributed by atoms with E-state index in [1.807, 2.05) is 0 Å². The third-order valence-electron chi connectivity index (χ3n) is 4.13. The first-order chi connectivity index (χ1) is 10.3. The SMILES string of the molecule is CCC1CN(Cc2ccc(I)cc2)c2ccccc2CN1. The fourth-order valence-corrected chi connectivity index (χ4v) is 3.24. The molecule has 0 amide bonds. The van der Waals surface area contributed by atoms with Crippen LogP contribution in [-0.4, -0.2) is 12.6 Å². The number of nitrogens with zero attached hydrogens (tertiary/aromatic N) is 1. The largest absolute Gasteiger partial charge is 0.365 e. The smallest absolute Gasteiger partial charge is 0.0430 e. The second-order valence-electron chi connectivity index (χ2n) is 5.62. The Labute approximate surface area is 140 Å². The average molecular weight is 392 g/mol. The number of para-hydroxylation sites is 1. The van der Waals surface area contributed by atoms with Gasteiger partial charge in [-0.25, -0.2) is 0 Å². The zero-order valence-electron chi connectivity index (χ0n) is 12.3. The summed E-state index contributed by atoms with van der Waals surface area (Å²) in [5.41, 5.74) is 4.15. The first kappa shape index (κ1) is 14.9. The number of hydrogen-bond donors (Lipinski definition) is 1. The molecule has 2 nitrogen and oxygen atoms in total. The minimum absolute atomic E-state index is 0.557. The molecule has 1 aliphatic heterocycles. The van der Waals surface area contributed by atoms with Crippen molar-refractivity contribution in [2.45, 2.75) is 32.5 Å². The fraction of sp³-hybridized carbons (Fsp3) is 0.333. The van der Waals surface area contributed by atoms with E-state index in [1.54, 1.807) is 0 Å². The van der Waals surface area contributed by atoms with Gasteiger partial charge in [-0.15, -0.1) is 0 Å². The van der Waals surface area contributed by atoms with Gasteiger partial charge in [0.25, 0.3) is 0 Å². The minimum atomic E-state index is 0.557. The van der Waals surface area contributed by atoms with E-state index in [4.69, 9.17) is 0 Å². The first-order valence-corrected chi connectivity index (χ1v) is 8.65. The lowest BCUT2D eigenvalue weighted by molar-refractivity contribution is 0.502. The summed E-state index contributed by atoms with van der Waals surface area (Å²) < 4.78 is 1.29. The van der Waals surface area contributed by atoms with Crippen LogP contribution in [0.2, 0.25) is 0 Å². The van der Waals surface area contributed by atoms with Crippen LogP contribution in [0, 0.1) is 3.57 Å². The van der Waals surface area contributed by atoms with Gasteiger partial charge in [0.15, 0.2) is 0 Å². The van der Waals surface area contributed by atoms with Crippen molar-refractivity contribution < 1.29 is 0 Å². The number of fused-ring (bicyclic) bond motifs is 1. The second-order valence-corrected chi connectivity index (χ2v) is 6.87. The van der Waals surface area contributed by atoms with Crippen molar-refractivity contribution in [1.29, 1.82) is 0 Å². The van der Waals surface area contributed by atoms with Crippen molar-refractivity contribution in [3.05, 3.63) is 63.2 Å². The van der Waals surface area contributed by atoms with Crippen molar-refractivity contribution >= 4 is 28.3 Å². The van der Waals surface area contributed by atoms with Gasteiger partial charge in [0, 0.05) is 34.9 Å². The Hall–Kier alpha value is -1.07. The monoisotopic (exact) mass is 392 g/mol. The highest BCUT2D eigenvalue weighted by Crippen LogP contribution is 2.25. The van der Waals surface area contributed by atoms with E-state index >= 15 is 0 Å². The van der Waals surface area contributed by atoms with Crippen LogP contribution < -0.4 is 10.2 Å². The van der Waals surface area contributed by atoms with Gasteiger partial charge in [-0.3, -0.25) is 0 Å². The molecule has 110 valence electrons. The normalized spacial score (nSPS) is 18.2. The summed E-state index contributed by atoms with van der Waals surface area (Å²) in [7, 11) is 0. The quantitative estimate of drug-likeness (QED) is 0.789. The van der Waals surface area contributed by atoms with E-state index in [0.717, 1.165) is 26.1 Å². The van der Waals surface area contributed by atoms with Crippen LogP contribution >= 0.6 is 22.6 Å². The third-order valence-corrected chi connectivity index (χ3v) is 4.85. The molecule has 21 heavy (non-hydrogen) atoms. The third kappa shape index (κ3) is 3.58. The zero-order chi connectivity index (χ0) is 14.7. The maximum Gasteiger partial charge on any atom is 0.0430 e. The van der Waals surface area contributed by atoms with E-state index in [0.29, 0.717) is 6.04 Å². The molecule has 1 aliphatic rings. The predicted octanol–water partition coefficient (Wildman–Crippen LogP) is 4.18. The van der Waals surface area contributed by atoms with Gasteiger partial charge >= 0.3 is 0 Å². The number of benzene rings is 2. The van der Waals surface area contributed by atoms with Crippen molar-refractivity contribution in [3.63, 3.8) is 0 Å². The summed E-state index contributed by atoms with van der Waals surface area (Å²) in [6, 6.07) is 18.2. The van der Waals surface area contributed by atoms with Gasteiger partial charge < -0.3 is 10.2 Å². The van der Waals surface area contributed by atoms with Gasteiger partial charge in [-0.2, -0.15) is 0 Å². The fourth-order valence-electron chi connectivity index (χ4n) is 2.89. The van der Waals surface area contributed by atoms with Crippen LogP contribution in [0.25, 0.3) is 0 Å². The lowest BCUT2D eigenvalue weighted by Crippen LogP contribution is -2.37. The summed E-state index contributed by atoms with van der Waals surface area (Å²) in [5, 5.41) is 3.67. The molecule has 2 aromatic rings. The summed E-state index contributed by atoms with van der Waals surface area (Å²) in [4.78, 5) is 2.52. The number of rotatable bonds is 3. The molecule has 1 atom stereocenters. The number of anilines is 1. The summed E-state index contributed by atoms with van der Waals surface area (Å²) in [6.07, 6.45) is 1.16. The molecule has 0 spiro atoms. The molecule has 1 unspecified atom stereocenters. The van der Waals surface area contributed by atoms with Crippen LogP contribution in [0.15, 0.2) is 48.5 Å². The summed E-state index contributed by atoms with van der Waals surface area (Å²) in [6.45, 7) is 5.28. The Kier molecular flexibility index (Phi) is 4.80. The zero-order valence-corrected chi connectivity index (χ0v) is 14.5. The lowest BCUT2D eigenvalue weighted by Gasteiger charge is -2.27. The van der Waals surface area contributed by atoms with Gasteiger partial charge in [-0.05, 0) is 58.3 Å². The Morgan fingerprint density at radius 2 is 1.90 bits per heavy atom. The minimum Gasteiger partial charge on any atom is -0.365 e. The topological polar surface area (TPSA) is 15.3 Å². The Balaban J connectivity index is 1.88. The molecule has 0 radical (unpaired) electrons. The molecule has 3 rings (SSSR count). The number of halogens is 1. The number of hydrogen-bond acceptors (Lipinski definition) is 2. The molecule has 1 heterocycles. The second kappa shape index (κ2) is 6.79. The summed E-state index contributed by atoms with van der Waals surface area (Å²) in [5.74, 6) is 0. The van der Waals surface area contributed by atoms with E-state index in [1.165, 1.54) is 20.4 Å². The molecule has 3 heteroatoms. The van der Waals surface area contributed by atoms with Gasteiger partial charge in [-0.1, -0.05) is 37.3 Å². The standard InChI is InChI=1S/C18H21IN2/c1-2-17-13-21(12-14-7-9-16(19)10-8-14)18-6-4-3-5-15(18)11-20-17/h3-10,17,20H,2,11-13H2,1H3. The van der Waals surface area contributed by atoms with E-state index in [9.17, 15) is 0 Å². The highest BCUT2D eigenvalue weighted by atomic mass is 127. The molecule has 0 aromatic heterocycles. The molecular weight excluding hydrogens is 371 g/mol. The van der Waals surface area contributed by atoms with Crippen LogP contribution in [0.4, 0.5) is 5.69 Å². The van der Waals surface area contributed by atoms with Crippen LogP contribution in [0.3, 0.4) is 0 Å². The van der Waals surface area contributed by atoms with E-state index in [2.05, 4.69) is 88.3 Å². The van der Waals surface area contributed by atoms with Crippen LogP contribution in [0.5, 0.6) is 0 Å². The molecule has 0 aliphatic carbocycles.